The van der Waals surface area contributed by atoms with E-state index in [1.807, 2.05) is 24.4 Å². The van der Waals surface area contributed by atoms with Gasteiger partial charge in [-0.15, -0.1) is 11.3 Å². The third-order valence-corrected chi connectivity index (χ3v) is 4.48. The third-order valence-electron chi connectivity index (χ3n) is 3.57. The normalized spacial score (nSPS) is 14.2. The Morgan fingerprint density at radius 1 is 1.21 bits per heavy atom. The van der Waals surface area contributed by atoms with Crippen molar-refractivity contribution in [1.29, 1.82) is 0 Å². The van der Waals surface area contributed by atoms with Crippen molar-refractivity contribution in [2.75, 3.05) is 20.3 Å². The Bertz CT molecular complexity index is 714. The highest BCUT2D eigenvalue weighted by atomic mass is 32.1. The molecule has 0 unspecified atom stereocenters. The Morgan fingerprint density at radius 3 is 2.75 bits per heavy atom. The van der Waals surface area contributed by atoms with Gasteiger partial charge in [-0.3, -0.25) is 4.99 Å². The molecule has 128 valence electrons. The van der Waals surface area contributed by atoms with Crippen molar-refractivity contribution in [3.05, 3.63) is 39.8 Å². The molecule has 0 amide bonds. The summed E-state index contributed by atoms with van der Waals surface area (Å²) in [6, 6.07) is 6.02. The summed E-state index contributed by atoms with van der Waals surface area (Å²) in [5.74, 6) is 2.38. The molecule has 3 rings (SSSR count). The molecular formula is C17H22N4O2S. The highest BCUT2D eigenvalue weighted by Crippen LogP contribution is 2.30. The van der Waals surface area contributed by atoms with Crippen molar-refractivity contribution in [1.82, 2.24) is 15.6 Å². The molecule has 0 radical (unpaired) electrons. The van der Waals surface area contributed by atoms with Gasteiger partial charge < -0.3 is 20.1 Å². The van der Waals surface area contributed by atoms with Gasteiger partial charge in [-0.2, -0.15) is 0 Å². The third kappa shape index (κ3) is 4.38. The number of hydrogen-bond acceptors (Lipinski definition) is 5. The molecule has 0 bridgehead atoms. The van der Waals surface area contributed by atoms with Crippen LogP contribution in [0.5, 0.6) is 11.5 Å². The number of aryl methyl sites for hydroxylation is 1. The van der Waals surface area contributed by atoms with Gasteiger partial charge in [0.2, 0.25) is 0 Å². The van der Waals surface area contributed by atoms with Gasteiger partial charge in [0.25, 0.3) is 0 Å². The van der Waals surface area contributed by atoms with Crippen LogP contribution in [0, 0.1) is 6.92 Å². The predicted molar refractivity (Wildman–Crippen MR) is 95.9 cm³/mol. The summed E-state index contributed by atoms with van der Waals surface area (Å²) in [6.07, 6.45) is 2.80. The number of nitrogens with zero attached hydrogens (tertiary/aromatic N) is 2. The molecule has 2 aromatic rings. The zero-order valence-electron chi connectivity index (χ0n) is 14.0. The smallest absolute Gasteiger partial charge is 0.191 e. The van der Waals surface area contributed by atoms with Crippen molar-refractivity contribution in [2.45, 2.75) is 26.4 Å². The Balaban J connectivity index is 1.54. The van der Waals surface area contributed by atoms with Crippen LogP contribution < -0.4 is 20.1 Å². The van der Waals surface area contributed by atoms with Gasteiger partial charge in [-0.05, 0) is 24.6 Å². The van der Waals surface area contributed by atoms with Crippen LogP contribution >= 0.6 is 11.3 Å². The summed E-state index contributed by atoms with van der Waals surface area (Å²) in [5.41, 5.74) is 1.12. The van der Waals surface area contributed by atoms with Crippen LogP contribution in [-0.4, -0.2) is 31.2 Å². The van der Waals surface area contributed by atoms with E-state index in [4.69, 9.17) is 9.47 Å². The number of aliphatic imine (C=N–C) groups is 1. The second-order valence-corrected chi connectivity index (χ2v) is 6.79. The SMILES string of the molecule is CN=C(NCc1ccc2c(c1)OCCCO2)NCc1ncc(C)s1. The molecule has 0 saturated heterocycles. The molecule has 2 N–H and O–H groups in total. The van der Waals surface area contributed by atoms with Gasteiger partial charge >= 0.3 is 0 Å². The molecule has 2 heterocycles. The molecule has 1 aliphatic rings. The number of hydrogen-bond donors (Lipinski definition) is 2. The number of fused-ring (bicyclic) bond motifs is 1. The van der Waals surface area contributed by atoms with Gasteiger partial charge in [0, 0.05) is 31.1 Å². The molecule has 0 aliphatic carbocycles. The average Bonchev–Trinajstić information content (AvgIpc) is 2.87. The molecule has 1 aromatic heterocycles. The molecule has 0 spiro atoms. The van der Waals surface area contributed by atoms with Gasteiger partial charge in [-0.1, -0.05) is 6.07 Å². The van der Waals surface area contributed by atoms with Crippen LogP contribution in [0.3, 0.4) is 0 Å². The minimum atomic E-state index is 0.660. The summed E-state index contributed by atoms with van der Waals surface area (Å²) < 4.78 is 11.4. The monoisotopic (exact) mass is 346 g/mol. The summed E-state index contributed by atoms with van der Waals surface area (Å²) in [4.78, 5) is 9.79. The van der Waals surface area contributed by atoms with Crippen molar-refractivity contribution in [3.63, 3.8) is 0 Å². The number of nitrogens with one attached hydrogen (secondary N) is 2. The van der Waals surface area contributed by atoms with Crippen LogP contribution in [0.1, 0.15) is 21.9 Å². The van der Waals surface area contributed by atoms with E-state index in [-0.39, 0.29) is 0 Å². The first-order valence-electron chi connectivity index (χ1n) is 7.99. The predicted octanol–water partition coefficient (Wildman–Crippen LogP) is 2.48. The number of rotatable bonds is 4. The zero-order chi connectivity index (χ0) is 16.8. The largest absolute Gasteiger partial charge is 0.490 e. The summed E-state index contributed by atoms with van der Waals surface area (Å²) in [6.45, 7) is 4.78. The standard InChI is InChI=1S/C17H22N4O2S/c1-12-9-19-16(24-12)11-21-17(18-2)20-10-13-4-5-14-15(8-13)23-7-3-6-22-14/h4-5,8-9H,3,6-7,10-11H2,1-2H3,(H2,18,20,21). The van der Waals surface area contributed by atoms with E-state index >= 15 is 0 Å². The van der Waals surface area contributed by atoms with Crippen LogP contribution in [0.15, 0.2) is 29.4 Å². The van der Waals surface area contributed by atoms with E-state index < -0.39 is 0 Å². The fraction of sp³-hybridized carbons (Fsp3) is 0.412. The molecule has 0 saturated carbocycles. The summed E-state index contributed by atoms with van der Waals surface area (Å²) >= 11 is 1.69. The summed E-state index contributed by atoms with van der Waals surface area (Å²) in [5, 5.41) is 7.62. The lowest BCUT2D eigenvalue weighted by Gasteiger charge is -2.13. The topological polar surface area (TPSA) is 67.8 Å². The lowest BCUT2D eigenvalue weighted by atomic mass is 10.2. The Kier molecular flexibility index (Phi) is 5.53. The first-order valence-corrected chi connectivity index (χ1v) is 8.80. The molecule has 7 heteroatoms. The van der Waals surface area contributed by atoms with Gasteiger partial charge in [0.05, 0.1) is 19.8 Å². The Hall–Kier alpha value is -2.28. The van der Waals surface area contributed by atoms with E-state index in [2.05, 4.69) is 27.5 Å². The second kappa shape index (κ2) is 8.01. The minimum Gasteiger partial charge on any atom is -0.490 e. The van der Waals surface area contributed by atoms with E-state index in [1.54, 1.807) is 18.4 Å². The molecule has 1 aliphatic heterocycles. The highest BCUT2D eigenvalue weighted by Gasteiger charge is 2.10. The van der Waals surface area contributed by atoms with Crippen molar-refractivity contribution in [2.24, 2.45) is 4.99 Å². The maximum Gasteiger partial charge on any atom is 0.191 e. The molecule has 0 fully saturated rings. The quantitative estimate of drug-likeness (QED) is 0.658. The number of thiazole rings is 1. The maximum atomic E-state index is 5.72. The van der Waals surface area contributed by atoms with Crippen LogP contribution in [0.2, 0.25) is 0 Å². The van der Waals surface area contributed by atoms with E-state index in [9.17, 15) is 0 Å². The number of guanidine groups is 1. The maximum absolute atomic E-state index is 5.72. The Morgan fingerprint density at radius 2 is 2.00 bits per heavy atom. The summed E-state index contributed by atoms with van der Waals surface area (Å²) in [7, 11) is 1.76. The number of benzene rings is 1. The molecule has 24 heavy (non-hydrogen) atoms. The van der Waals surface area contributed by atoms with Crippen molar-refractivity contribution >= 4 is 17.3 Å². The number of aromatic nitrogens is 1. The molecule has 0 atom stereocenters. The van der Waals surface area contributed by atoms with Crippen LogP contribution in [-0.2, 0) is 13.1 Å². The Labute approximate surface area is 145 Å². The van der Waals surface area contributed by atoms with Crippen molar-refractivity contribution in [3.8, 4) is 11.5 Å². The molecule has 1 aromatic carbocycles. The van der Waals surface area contributed by atoms with Gasteiger partial charge in [0.15, 0.2) is 17.5 Å². The van der Waals surface area contributed by atoms with Crippen LogP contribution in [0.25, 0.3) is 0 Å². The molecule has 6 nitrogen and oxygen atoms in total. The average molecular weight is 346 g/mol. The van der Waals surface area contributed by atoms with Crippen LogP contribution in [0.4, 0.5) is 0 Å². The fourth-order valence-electron chi connectivity index (χ4n) is 2.37. The van der Waals surface area contributed by atoms with E-state index in [0.29, 0.717) is 26.3 Å². The fourth-order valence-corrected chi connectivity index (χ4v) is 3.09. The van der Waals surface area contributed by atoms with Gasteiger partial charge in [-0.25, -0.2) is 4.98 Å². The zero-order valence-corrected chi connectivity index (χ0v) is 14.8. The molecular weight excluding hydrogens is 324 g/mol. The lowest BCUT2D eigenvalue weighted by molar-refractivity contribution is 0.297. The number of ether oxygens (including phenoxy) is 2. The van der Waals surface area contributed by atoms with E-state index in [0.717, 1.165) is 34.5 Å². The highest BCUT2D eigenvalue weighted by molar-refractivity contribution is 7.11. The minimum absolute atomic E-state index is 0.660. The van der Waals surface area contributed by atoms with Gasteiger partial charge in [0.1, 0.15) is 5.01 Å². The van der Waals surface area contributed by atoms with E-state index in [1.165, 1.54) is 4.88 Å². The second-order valence-electron chi connectivity index (χ2n) is 5.48. The first kappa shape index (κ1) is 16.6. The lowest BCUT2D eigenvalue weighted by Crippen LogP contribution is -2.36. The first-order chi connectivity index (χ1) is 11.7. The van der Waals surface area contributed by atoms with Crippen molar-refractivity contribution < 1.29 is 9.47 Å².